The molecule has 2 aliphatic heterocycles. The van der Waals surface area contributed by atoms with Crippen molar-refractivity contribution in [3.63, 3.8) is 0 Å². The van der Waals surface area contributed by atoms with Crippen molar-refractivity contribution in [1.82, 2.24) is 5.32 Å². The van der Waals surface area contributed by atoms with E-state index in [0.29, 0.717) is 0 Å². The van der Waals surface area contributed by atoms with Gasteiger partial charge in [0.1, 0.15) is 13.2 Å². The fraction of sp³-hybridized carbons (Fsp3) is 0.800. The topological polar surface area (TPSA) is 84.9 Å². The molecule has 2 bridgehead atoms. The van der Waals surface area contributed by atoms with Gasteiger partial charge in [-0.25, -0.2) is 4.79 Å². The SMILES string of the molecule is O=C(O)COCC(=O)NC1CC2CCC1O2. The van der Waals surface area contributed by atoms with Gasteiger partial charge in [0, 0.05) is 0 Å². The number of hydrogen-bond donors (Lipinski definition) is 2. The number of hydrogen-bond acceptors (Lipinski definition) is 4. The van der Waals surface area contributed by atoms with Gasteiger partial charge in [0.15, 0.2) is 0 Å². The number of amides is 1. The lowest BCUT2D eigenvalue weighted by atomic mass is 9.95. The van der Waals surface area contributed by atoms with Crippen LogP contribution in [0.2, 0.25) is 0 Å². The zero-order chi connectivity index (χ0) is 11.5. The van der Waals surface area contributed by atoms with Crippen LogP contribution in [0.5, 0.6) is 0 Å². The molecule has 3 unspecified atom stereocenters. The molecule has 0 spiro atoms. The van der Waals surface area contributed by atoms with Crippen molar-refractivity contribution in [2.75, 3.05) is 13.2 Å². The van der Waals surface area contributed by atoms with Crippen LogP contribution >= 0.6 is 0 Å². The standard InChI is InChI=1S/C10H15NO5/c12-9(4-15-5-10(13)14)11-7-3-6-1-2-8(7)16-6/h6-8H,1-5H2,(H,11,12)(H,13,14). The molecule has 2 N–H and O–H groups in total. The normalized spacial score (nSPS) is 31.6. The molecule has 2 rings (SSSR count). The lowest BCUT2D eigenvalue weighted by molar-refractivity contribution is -0.143. The number of aliphatic carboxylic acids is 1. The van der Waals surface area contributed by atoms with Crippen LogP contribution in [0.15, 0.2) is 0 Å². The summed E-state index contributed by atoms with van der Waals surface area (Å²) >= 11 is 0. The second kappa shape index (κ2) is 4.80. The van der Waals surface area contributed by atoms with E-state index in [1.165, 1.54) is 0 Å². The summed E-state index contributed by atoms with van der Waals surface area (Å²) < 4.78 is 10.3. The van der Waals surface area contributed by atoms with E-state index in [2.05, 4.69) is 5.32 Å². The van der Waals surface area contributed by atoms with Crippen LogP contribution in [0, 0.1) is 0 Å². The molecule has 0 aliphatic carbocycles. The van der Waals surface area contributed by atoms with E-state index in [-0.39, 0.29) is 30.8 Å². The van der Waals surface area contributed by atoms with Crippen LogP contribution in [-0.2, 0) is 19.1 Å². The van der Waals surface area contributed by atoms with Crippen molar-refractivity contribution >= 4 is 11.9 Å². The summed E-state index contributed by atoms with van der Waals surface area (Å²) in [5.74, 6) is -1.35. The quantitative estimate of drug-likeness (QED) is 0.665. The van der Waals surface area contributed by atoms with Crippen molar-refractivity contribution in [2.24, 2.45) is 0 Å². The van der Waals surface area contributed by atoms with Gasteiger partial charge in [0.05, 0.1) is 18.2 Å². The van der Waals surface area contributed by atoms with Gasteiger partial charge in [-0.2, -0.15) is 0 Å². The van der Waals surface area contributed by atoms with Gasteiger partial charge in [-0.1, -0.05) is 0 Å². The third kappa shape index (κ3) is 2.70. The molecule has 3 atom stereocenters. The Morgan fingerprint density at radius 3 is 2.75 bits per heavy atom. The molecular weight excluding hydrogens is 214 g/mol. The molecule has 2 aliphatic rings. The lowest BCUT2D eigenvalue weighted by Crippen LogP contribution is -2.43. The van der Waals surface area contributed by atoms with Crippen LogP contribution in [0.1, 0.15) is 19.3 Å². The third-order valence-electron chi connectivity index (χ3n) is 2.91. The Morgan fingerprint density at radius 2 is 2.19 bits per heavy atom. The van der Waals surface area contributed by atoms with Crippen LogP contribution in [0.4, 0.5) is 0 Å². The number of carboxylic acids is 1. The Morgan fingerprint density at radius 1 is 1.38 bits per heavy atom. The van der Waals surface area contributed by atoms with Gasteiger partial charge < -0.3 is 19.9 Å². The smallest absolute Gasteiger partial charge is 0.329 e. The molecule has 0 aromatic rings. The Balaban J connectivity index is 1.66. The van der Waals surface area contributed by atoms with E-state index in [1.54, 1.807) is 0 Å². The Hall–Kier alpha value is -1.14. The molecule has 0 radical (unpaired) electrons. The fourth-order valence-electron chi connectivity index (χ4n) is 2.27. The van der Waals surface area contributed by atoms with Crippen molar-refractivity contribution in [2.45, 2.75) is 37.5 Å². The van der Waals surface area contributed by atoms with Crippen LogP contribution in [-0.4, -0.2) is 48.4 Å². The highest BCUT2D eigenvalue weighted by Gasteiger charge is 2.41. The highest BCUT2D eigenvalue weighted by molar-refractivity contribution is 5.78. The predicted octanol–water partition coefficient (Wildman–Crippen LogP) is -0.476. The molecule has 2 fully saturated rings. The maximum absolute atomic E-state index is 11.4. The number of ether oxygens (including phenoxy) is 2. The number of carbonyl (C=O) groups excluding carboxylic acids is 1. The first-order valence-electron chi connectivity index (χ1n) is 5.39. The first-order chi connectivity index (χ1) is 7.65. The first-order valence-corrected chi connectivity index (χ1v) is 5.39. The minimum Gasteiger partial charge on any atom is -0.480 e. The summed E-state index contributed by atoms with van der Waals surface area (Å²) in [7, 11) is 0. The van der Waals surface area contributed by atoms with Crippen LogP contribution in [0.25, 0.3) is 0 Å². The molecule has 1 amide bonds. The van der Waals surface area contributed by atoms with Gasteiger partial charge >= 0.3 is 5.97 Å². The molecule has 2 heterocycles. The van der Waals surface area contributed by atoms with Crippen molar-refractivity contribution in [3.05, 3.63) is 0 Å². The molecular formula is C10H15NO5. The first kappa shape index (κ1) is 11.3. The van der Waals surface area contributed by atoms with Gasteiger partial charge in [0.2, 0.25) is 5.91 Å². The zero-order valence-corrected chi connectivity index (χ0v) is 8.85. The van der Waals surface area contributed by atoms with Crippen LogP contribution < -0.4 is 5.32 Å². The van der Waals surface area contributed by atoms with Gasteiger partial charge in [-0.3, -0.25) is 4.79 Å². The molecule has 16 heavy (non-hydrogen) atoms. The van der Waals surface area contributed by atoms with Crippen LogP contribution in [0.3, 0.4) is 0 Å². The van der Waals surface area contributed by atoms with Crippen molar-refractivity contribution in [1.29, 1.82) is 0 Å². The second-order valence-electron chi connectivity index (χ2n) is 4.17. The minimum atomic E-state index is -1.07. The Kier molecular flexibility index (Phi) is 3.40. The lowest BCUT2D eigenvalue weighted by Gasteiger charge is -2.19. The van der Waals surface area contributed by atoms with E-state index in [9.17, 15) is 9.59 Å². The summed E-state index contributed by atoms with van der Waals surface area (Å²) in [6.07, 6.45) is 3.34. The highest BCUT2D eigenvalue weighted by Crippen LogP contribution is 2.34. The zero-order valence-electron chi connectivity index (χ0n) is 8.85. The Bertz CT molecular complexity index is 293. The molecule has 6 nitrogen and oxygen atoms in total. The maximum Gasteiger partial charge on any atom is 0.329 e. The van der Waals surface area contributed by atoms with Crippen molar-refractivity contribution < 1.29 is 24.2 Å². The van der Waals surface area contributed by atoms with Crippen molar-refractivity contribution in [3.8, 4) is 0 Å². The largest absolute Gasteiger partial charge is 0.480 e. The molecule has 0 aromatic heterocycles. The number of nitrogens with one attached hydrogen (secondary N) is 1. The average molecular weight is 229 g/mol. The van der Waals surface area contributed by atoms with Gasteiger partial charge in [-0.15, -0.1) is 0 Å². The number of carbonyl (C=O) groups is 2. The van der Waals surface area contributed by atoms with E-state index in [1.807, 2.05) is 0 Å². The fourth-order valence-corrected chi connectivity index (χ4v) is 2.27. The predicted molar refractivity (Wildman–Crippen MR) is 52.9 cm³/mol. The molecule has 0 aromatic carbocycles. The summed E-state index contributed by atoms with van der Waals surface area (Å²) in [6.45, 7) is -0.652. The Labute approximate surface area is 92.9 Å². The van der Waals surface area contributed by atoms with E-state index < -0.39 is 12.6 Å². The number of fused-ring (bicyclic) bond motifs is 2. The third-order valence-corrected chi connectivity index (χ3v) is 2.91. The molecule has 2 saturated heterocycles. The monoisotopic (exact) mass is 229 g/mol. The van der Waals surface area contributed by atoms with E-state index in [4.69, 9.17) is 14.6 Å². The molecule has 0 saturated carbocycles. The second-order valence-corrected chi connectivity index (χ2v) is 4.17. The number of carboxylic acid groups (broad SMARTS) is 1. The maximum atomic E-state index is 11.4. The summed E-state index contributed by atoms with van der Waals surface area (Å²) in [4.78, 5) is 21.5. The minimum absolute atomic E-state index is 0.0691. The molecule has 90 valence electrons. The summed E-state index contributed by atoms with van der Waals surface area (Å²) in [5.41, 5.74) is 0. The van der Waals surface area contributed by atoms with Gasteiger partial charge in [0.25, 0.3) is 0 Å². The van der Waals surface area contributed by atoms with E-state index >= 15 is 0 Å². The van der Waals surface area contributed by atoms with Gasteiger partial charge in [-0.05, 0) is 19.3 Å². The summed E-state index contributed by atoms with van der Waals surface area (Å²) in [5, 5.41) is 11.1. The molecule has 6 heteroatoms. The highest BCUT2D eigenvalue weighted by atomic mass is 16.5. The summed E-state index contributed by atoms with van der Waals surface area (Å²) in [6, 6.07) is 0.0691. The van der Waals surface area contributed by atoms with E-state index in [0.717, 1.165) is 19.3 Å². The average Bonchev–Trinajstić information content (AvgIpc) is 2.78. The number of rotatable bonds is 5.